The van der Waals surface area contributed by atoms with E-state index in [4.69, 9.17) is 4.98 Å². The van der Waals surface area contributed by atoms with E-state index < -0.39 is 10.0 Å². The number of hydrogen-bond acceptors (Lipinski definition) is 4. The molecule has 0 N–H and O–H groups in total. The Bertz CT molecular complexity index is 1060. The lowest BCUT2D eigenvalue weighted by Gasteiger charge is -2.18. The maximum Gasteiger partial charge on any atom is 0.214 e. The average molecular weight is 385 g/mol. The van der Waals surface area contributed by atoms with Gasteiger partial charge in [-0.1, -0.05) is 36.8 Å². The van der Waals surface area contributed by atoms with E-state index in [2.05, 4.69) is 40.7 Å². The van der Waals surface area contributed by atoms with Gasteiger partial charge in [0.15, 0.2) is 5.65 Å². The normalized spacial score (nSPS) is 18.4. The fraction of sp³-hybridized carbons (Fsp3) is 0.400. The van der Waals surface area contributed by atoms with E-state index in [0.717, 1.165) is 29.0 Å². The zero-order chi connectivity index (χ0) is 19.0. The van der Waals surface area contributed by atoms with Gasteiger partial charge in [-0.05, 0) is 31.9 Å². The Hall–Kier alpha value is -2.25. The van der Waals surface area contributed by atoms with Crippen molar-refractivity contribution in [2.75, 3.05) is 18.8 Å². The molecule has 1 aliphatic rings. The van der Waals surface area contributed by atoms with Crippen molar-refractivity contribution in [3.63, 3.8) is 0 Å². The van der Waals surface area contributed by atoms with Crippen LogP contribution in [0.4, 0.5) is 0 Å². The number of rotatable bonds is 5. The van der Waals surface area contributed by atoms with Crippen LogP contribution in [0.2, 0.25) is 0 Å². The SMILES string of the molecule is CCCS(=O)(=O)N1CC[C@@H](n2c(-c3ccc(C)cc3)nc3cccnc32)C1. The first-order valence-electron chi connectivity index (χ1n) is 9.37. The number of fused-ring (bicyclic) bond motifs is 1. The second-order valence-electron chi connectivity index (χ2n) is 7.13. The quantitative estimate of drug-likeness (QED) is 0.676. The fourth-order valence-corrected chi connectivity index (χ4v) is 5.30. The Morgan fingerprint density at radius 3 is 2.70 bits per heavy atom. The maximum atomic E-state index is 12.5. The lowest BCUT2D eigenvalue weighted by atomic mass is 10.1. The summed E-state index contributed by atoms with van der Waals surface area (Å²) < 4.78 is 28.7. The van der Waals surface area contributed by atoms with Crippen molar-refractivity contribution in [3.05, 3.63) is 48.2 Å². The molecule has 4 rings (SSSR count). The number of imidazole rings is 1. The van der Waals surface area contributed by atoms with E-state index in [9.17, 15) is 8.42 Å². The summed E-state index contributed by atoms with van der Waals surface area (Å²) >= 11 is 0. The van der Waals surface area contributed by atoms with E-state index in [1.54, 1.807) is 10.5 Å². The molecule has 0 unspecified atom stereocenters. The van der Waals surface area contributed by atoms with E-state index in [-0.39, 0.29) is 11.8 Å². The molecular formula is C20H24N4O2S. The third-order valence-electron chi connectivity index (χ3n) is 5.11. The molecule has 1 saturated heterocycles. The summed E-state index contributed by atoms with van der Waals surface area (Å²) in [6.07, 6.45) is 3.16. The van der Waals surface area contributed by atoms with Crippen LogP contribution >= 0.6 is 0 Å². The highest BCUT2D eigenvalue weighted by molar-refractivity contribution is 7.89. The number of aryl methyl sites for hydroxylation is 1. The van der Waals surface area contributed by atoms with Crippen LogP contribution in [-0.2, 0) is 10.0 Å². The molecule has 3 heterocycles. The van der Waals surface area contributed by atoms with E-state index in [1.807, 2.05) is 19.1 Å². The Balaban J connectivity index is 1.77. The molecule has 7 heteroatoms. The lowest BCUT2D eigenvalue weighted by molar-refractivity contribution is 0.455. The van der Waals surface area contributed by atoms with E-state index in [0.29, 0.717) is 19.5 Å². The number of nitrogens with zero attached hydrogens (tertiary/aromatic N) is 4. The minimum Gasteiger partial charge on any atom is -0.304 e. The Morgan fingerprint density at radius 2 is 1.96 bits per heavy atom. The fourth-order valence-electron chi connectivity index (χ4n) is 3.74. The first-order valence-corrected chi connectivity index (χ1v) is 11.0. The van der Waals surface area contributed by atoms with Gasteiger partial charge >= 0.3 is 0 Å². The van der Waals surface area contributed by atoms with Crippen LogP contribution in [0.3, 0.4) is 0 Å². The van der Waals surface area contributed by atoms with Crippen LogP contribution in [0.5, 0.6) is 0 Å². The highest BCUT2D eigenvalue weighted by atomic mass is 32.2. The molecule has 6 nitrogen and oxygen atoms in total. The minimum atomic E-state index is -3.19. The van der Waals surface area contributed by atoms with E-state index in [1.165, 1.54) is 5.56 Å². The Morgan fingerprint density at radius 1 is 1.19 bits per heavy atom. The molecule has 0 radical (unpaired) electrons. The molecule has 0 bridgehead atoms. The molecule has 0 amide bonds. The van der Waals surface area contributed by atoms with Crippen molar-refractivity contribution in [1.82, 2.24) is 18.8 Å². The Kier molecular flexibility index (Phi) is 4.74. The monoisotopic (exact) mass is 384 g/mol. The summed E-state index contributed by atoms with van der Waals surface area (Å²) in [7, 11) is -3.19. The molecule has 1 aromatic carbocycles. The van der Waals surface area contributed by atoms with E-state index >= 15 is 0 Å². The number of hydrogen-bond donors (Lipinski definition) is 0. The van der Waals surface area contributed by atoms with Crippen molar-refractivity contribution < 1.29 is 8.42 Å². The van der Waals surface area contributed by atoms with Gasteiger partial charge < -0.3 is 4.57 Å². The van der Waals surface area contributed by atoms with Gasteiger partial charge in [-0.3, -0.25) is 0 Å². The zero-order valence-corrected chi connectivity index (χ0v) is 16.5. The standard InChI is InChI=1S/C20H24N4O2S/c1-3-13-27(25,26)23-12-10-17(14-23)24-19(16-8-6-15(2)7-9-16)22-18-5-4-11-21-20(18)24/h4-9,11,17H,3,10,12-14H2,1-2H3/t17-/m1/s1. The molecule has 142 valence electrons. The average Bonchev–Trinajstić information content (AvgIpc) is 3.27. The highest BCUT2D eigenvalue weighted by Crippen LogP contribution is 2.33. The largest absolute Gasteiger partial charge is 0.304 e. The van der Waals surface area contributed by atoms with Crippen molar-refractivity contribution in [2.24, 2.45) is 0 Å². The lowest BCUT2D eigenvalue weighted by Crippen LogP contribution is -2.31. The smallest absolute Gasteiger partial charge is 0.214 e. The number of pyridine rings is 1. The van der Waals surface area contributed by atoms with Gasteiger partial charge in [0.25, 0.3) is 0 Å². The van der Waals surface area contributed by atoms with Crippen LogP contribution in [0.25, 0.3) is 22.6 Å². The van der Waals surface area contributed by atoms with Crippen molar-refractivity contribution in [3.8, 4) is 11.4 Å². The van der Waals surface area contributed by atoms with Gasteiger partial charge in [-0.25, -0.2) is 18.4 Å². The second kappa shape index (κ2) is 7.05. The topological polar surface area (TPSA) is 68.1 Å². The molecule has 0 saturated carbocycles. The second-order valence-corrected chi connectivity index (χ2v) is 9.22. The zero-order valence-electron chi connectivity index (χ0n) is 15.7. The summed E-state index contributed by atoms with van der Waals surface area (Å²) in [4.78, 5) is 9.36. The van der Waals surface area contributed by atoms with Crippen LogP contribution < -0.4 is 0 Å². The van der Waals surface area contributed by atoms with Gasteiger partial charge in [0.05, 0.1) is 11.8 Å². The summed E-state index contributed by atoms with van der Waals surface area (Å²) in [5, 5.41) is 0. The predicted molar refractivity (Wildman–Crippen MR) is 107 cm³/mol. The molecule has 2 aromatic heterocycles. The molecule has 1 atom stereocenters. The van der Waals surface area contributed by atoms with Crippen molar-refractivity contribution in [1.29, 1.82) is 0 Å². The minimum absolute atomic E-state index is 0.0350. The molecule has 1 aliphatic heterocycles. The van der Waals surface area contributed by atoms with Crippen LogP contribution in [0.15, 0.2) is 42.6 Å². The first kappa shape index (κ1) is 18.1. The molecule has 0 spiro atoms. The van der Waals surface area contributed by atoms with Crippen LogP contribution in [0, 0.1) is 6.92 Å². The third-order valence-corrected chi connectivity index (χ3v) is 7.15. The van der Waals surface area contributed by atoms with Crippen molar-refractivity contribution in [2.45, 2.75) is 32.7 Å². The summed E-state index contributed by atoms with van der Waals surface area (Å²) in [5.74, 6) is 1.05. The maximum absolute atomic E-state index is 12.5. The molecule has 1 fully saturated rings. The molecular weight excluding hydrogens is 360 g/mol. The summed E-state index contributed by atoms with van der Waals surface area (Å²) in [5.41, 5.74) is 3.86. The summed E-state index contributed by atoms with van der Waals surface area (Å²) in [6, 6.07) is 12.1. The van der Waals surface area contributed by atoms with Gasteiger partial charge in [0.2, 0.25) is 10.0 Å². The summed E-state index contributed by atoms with van der Waals surface area (Å²) in [6.45, 7) is 4.98. The van der Waals surface area contributed by atoms with Crippen molar-refractivity contribution >= 4 is 21.2 Å². The van der Waals surface area contributed by atoms with Crippen LogP contribution in [0.1, 0.15) is 31.4 Å². The number of sulfonamides is 1. The number of benzene rings is 1. The number of aromatic nitrogens is 3. The predicted octanol–water partition coefficient (Wildman–Crippen LogP) is 3.39. The van der Waals surface area contributed by atoms with Gasteiger partial charge in [0.1, 0.15) is 11.3 Å². The molecule has 3 aromatic rings. The molecule has 27 heavy (non-hydrogen) atoms. The molecule has 0 aliphatic carbocycles. The van der Waals surface area contributed by atoms with Gasteiger partial charge in [-0.15, -0.1) is 0 Å². The van der Waals surface area contributed by atoms with Gasteiger partial charge in [-0.2, -0.15) is 4.31 Å². The Labute approximate surface area is 159 Å². The first-order chi connectivity index (χ1) is 13.0. The van der Waals surface area contributed by atoms with Gasteiger partial charge in [0, 0.05) is 24.8 Å². The third kappa shape index (κ3) is 3.37. The van der Waals surface area contributed by atoms with Crippen LogP contribution in [-0.4, -0.2) is 46.1 Å². The highest BCUT2D eigenvalue weighted by Gasteiger charge is 2.33.